The normalized spacial score (nSPS) is 20.5. The lowest BCUT2D eigenvalue weighted by molar-refractivity contribution is 0.150. The maximum atomic E-state index is 5.98. The van der Waals surface area contributed by atoms with E-state index in [4.69, 9.17) is 4.74 Å². The van der Waals surface area contributed by atoms with E-state index in [0.717, 1.165) is 24.0 Å². The Balaban J connectivity index is 1.42. The number of aliphatic imine (C=N–C) groups is 1. The van der Waals surface area contributed by atoms with Crippen molar-refractivity contribution in [1.82, 2.24) is 20.5 Å². The molecule has 0 aromatic carbocycles. The standard InChI is InChI=1S/C24H41N5O/c1-18(2)15-19(3)30-23-16-20(9-12-26-23)17-27-24(25-4)28-21-10-13-29(14-11-21)22-7-5-6-8-22/h9,12,16,18-19,21-22H,5-8,10-11,13-15,17H2,1-4H3,(H2,25,27,28). The number of pyridine rings is 1. The van der Waals surface area contributed by atoms with Gasteiger partial charge in [-0.2, -0.15) is 0 Å². The maximum absolute atomic E-state index is 5.98. The summed E-state index contributed by atoms with van der Waals surface area (Å²) in [6, 6.07) is 5.40. The smallest absolute Gasteiger partial charge is 0.213 e. The van der Waals surface area contributed by atoms with Gasteiger partial charge in [-0.3, -0.25) is 4.99 Å². The Labute approximate surface area is 182 Å². The highest BCUT2D eigenvalue weighted by molar-refractivity contribution is 5.79. The number of aromatic nitrogens is 1. The molecule has 0 amide bonds. The predicted molar refractivity (Wildman–Crippen MR) is 124 cm³/mol. The Bertz CT molecular complexity index is 663. The molecule has 1 aromatic heterocycles. The molecule has 30 heavy (non-hydrogen) atoms. The van der Waals surface area contributed by atoms with E-state index in [2.05, 4.69) is 46.3 Å². The minimum absolute atomic E-state index is 0.172. The summed E-state index contributed by atoms with van der Waals surface area (Å²) in [4.78, 5) is 11.5. The van der Waals surface area contributed by atoms with E-state index >= 15 is 0 Å². The van der Waals surface area contributed by atoms with Crippen LogP contribution in [0.15, 0.2) is 23.3 Å². The van der Waals surface area contributed by atoms with Crippen LogP contribution in [0.3, 0.4) is 0 Å². The number of hydrogen-bond acceptors (Lipinski definition) is 4. The molecular formula is C24H41N5O. The van der Waals surface area contributed by atoms with Gasteiger partial charge in [-0.1, -0.05) is 26.7 Å². The second-order valence-electron chi connectivity index (χ2n) is 9.38. The Morgan fingerprint density at radius 3 is 2.60 bits per heavy atom. The highest BCUT2D eigenvalue weighted by atomic mass is 16.5. The molecule has 2 N–H and O–H groups in total. The van der Waals surface area contributed by atoms with E-state index in [9.17, 15) is 0 Å². The highest BCUT2D eigenvalue weighted by Gasteiger charge is 2.27. The van der Waals surface area contributed by atoms with Crippen molar-refractivity contribution in [2.24, 2.45) is 10.9 Å². The average molecular weight is 416 g/mol. The van der Waals surface area contributed by atoms with Gasteiger partial charge in [0.1, 0.15) is 0 Å². The zero-order valence-electron chi connectivity index (χ0n) is 19.4. The summed E-state index contributed by atoms with van der Waals surface area (Å²) >= 11 is 0. The van der Waals surface area contributed by atoms with Crippen molar-refractivity contribution in [3.05, 3.63) is 23.9 Å². The monoisotopic (exact) mass is 415 g/mol. The summed E-state index contributed by atoms with van der Waals surface area (Å²) < 4.78 is 5.98. The zero-order chi connectivity index (χ0) is 21.3. The summed E-state index contributed by atoms with van der Waals surface area (Å²) in [6.45, 7) is 9.65. The first-order valence-corrected chi connectivity index (χ1v) is 11.9. The van der Waals surface area contributed by atoms with Gasteiger partial charge >= 0.3 is 0 Å². The topological polar surface area (TPSA) is 61.8 Å². The van der Waals surface area contributed by atoms with Crippen molar-refractivity contribution < 1.29 is 4.74 Å². The lowest BCUT2D eigenvalue weighted by Crippen LogP contribution is -2.50. The largest absolute Gasteiger partial charge is 0.475 e. The number of nitrogens with zero attached hydrogens (tertiary/aromatic N) is 3. The molecule has 6 nitrogen and oxygen atoms in total. The number of nitrogens with one attached hydrogen (secondary N) is 2. The molecule has 1 aliphatic carbocycles. The van der Waals surface area contributed by atoms with Gasteiger partial charge in [-0.05, 0) is 56.6 Å². The number of likely N-dealkylation sites (tertiary alicyclic amines) is 1. The fourth-order valence-corrected chi connectivity index (χ4v) is 4.80. The van der Waals surface area contributed by atoms with Crippen molar-refractivity contribution in [2.75, 3.05) is 20.1 Å². The fourth-order valence-electron chi connectivity index (χ4n) is 4.80. The Kier molecular flexibility index (Phi) is 8.79. The molecule has 0 radical (unpaired) electrons. The van der Waals surface area contributed by atoms with E-state index in [0.29, 0.717) is 24.4 Å². The van der Waals surface area contributed by atoms with Gasteiger partial charge in [0.15, 0.2) is 5.96 Å². The van der Waals surface area contributed by atoms with Crippen LogP contribution in [0.5, 0.6) is 5.88 Å². The quantitative estimate of drug-likeness (QED) is 0.497. The second kappa shape index (κ2) is 11.5. The van der Waals surface area contributed by atoms with Gasteiger partial charge in [0, 0.05) is 51.0 Å². The first-order chi connectivity index (χ1) is 14.5. The van der Waals surface area contributed by atoms with Crippen molar-refractivity contribution in [2.45, 2.75) is 90.4 Å². The summed E-state index contributed by atoms with van der Waals surface area (Å²) in [5, 5.41) is 7.07. The van der Waals surface area contributed by atoms with Crippen LogP contribution in [0, 0.1) is 5.92 Å². The second-order valence-corrected chi connectivity index (χ2v) is 9.38. The summed E-state index contributed by atoms with van der Waals surface area (Å²) in [5.74, 6) is 2.19. The molecule has 2 heterocycles. The number of guanidine groups is 1. The van der Waals surface area contributed by atoms with E-state index < -0.39 is 0 Å². The van der Waals surface area contributed by atoms with E-state index in [1.807, 2.05) is 25.4 Å². The SMILES string of the molecule is CN=C(NCc1ccnc(OC(C)CC(C)C)c1)NC1CCN(C2CCCC2)CC1. The van der Waals surface area contributed by atoms with Gasteiger partial charge < -0.3 is 20.3 Å². The van der Waals surface area contributed by atoms with Crippen LogP contribution in [-0.4, -0.2) is 54.2 Å². The Hall–Kier alpha value is -1.82. The van der Waals surface area contributed by atoms with Crippen molar-refractivity contribution in [3.8, 4) is 5.88 Å². The molecule has 3 rings (SSSR count). The average Bonchev–Trinajstić information content (AvgIpc) is 3.26. The van der Waals surface area contributed by atoms with Gasteiger partial charge in [0.25, 0.3) is 0 Å². The molecular weight excluding hydrogens is 374 g/mol. The molecule has 0 bridgehead atoms. The van der Waals surface area contributed by atoms with E-state index in [1.165, 1.54) is 51.6 Å². The molecule has 1 aliphatic heterocycles. The van der Waals surface area contributed by atoms with Crippen LogP contribution in [-0.2, 0) is 6.54 Å². The molecule has 0 spiro atoms. The minimum Gasteiger partial charge on any atom is -0.475 e. The maximum Gasteiger partial charge on any atom is 0.213 e. The minimum atomic E-state index is 0.172. The Morgan fingerprint density at radius 2 is 1.93 bits per heavy atom. The fraction of sp³-hybridized carbons (Fsp3) is 0.750. The number of ether oxygens (including phenoxy) is 1. The molecule has 6 heteroatoms. The first-order valence-electron chi connectivity index (χ1n) is 11.9. The van der Waals surface area contributed by atoms with Crippen molar-refractivity contribution in [3.63, 3.8) is 0 Å². The summed E-state index contributed by atoms with van der Waals surface area (Å²) in [7, 11) is 1.84. The molecule has 2 aliphatic rings. The van der Waals surface area contributed by atoms with Crippen LogP contribution < -0.4 is 15.4 Å². The third-order valence-corrected chi connectivity index (χ3v) is 6.32. The molecule has 2 fully saturated rings. The van der Waals surface area contributed by atoms with Crippen LogP contribution in [0.1, 0.15) is 71.3 Å². The van der Waals surface area contributed by atoms with E-state index in [-0.39, 0.29) is 6.10 Å². The van der Waals surface area contributed by atoms with Crippen molar-refractivity contribution in [1.29, 1.82) is 0 Å². The van der Waals surface area contributed by atoms with Gasteiger partial charge in [0.2, 0.25) is 5.88 Å². The molecule has 168 valence electrons. The third-order valence-electron chi connectivity index (χ3n) is 6.32. The Morgan fingerprint density at radius 1 is 1.20 bits per heavy atom. The van der Waals surface area contributed by atoms with Crippen LogP contribution in [0.2, 0.25) is 0 Å². The predicted octanol–water partition coefficient (Wildman–Crippen LogP) is 3.97. The molecule has 1 aromatic rings. The van der Waals surface area contributed by atoms with E-state index in [1.54, 1.807) is 0 Å². The van der Waals surface area contributed by atoms with Crippen LogP contribution >= 0.6 is 0 Å². The summed E-state index contributed by atoms with van der Waals surface area (Å²) in [6.07, 6.45) is 11.0. The number of hydrogen-bond donors (Lipinski definition) is 2. The van der Waals surface area contributed by atoms with Crippen LogP contribution in [0.4, 0.5) is 0 Å². The summed E-state index contributed by atoms with van der Waals surface area (Å²) in [5.41, 5.74) is 1.15. The lowest BCUT2D eigenvalue weighted by atomic mass is 10.0. The van der Waals surface area contributed by atoms with Crippen LogP contribution in [0.25, 0.3) is 0 Å². The molecule has 1 atom stereocenters. The van der Waals surface area contributed by atoms with Gasteiger partial charge in [-0.15, -0.1) is 0 Å². The molecule has 1 saturated heterocycles. The van der Waals surface area contributed by atoms with Gasteiger partial charge in [-0.25, -0.2) is 4.98 Å². The highest BCUT2D eigenvalue weighted by Crippen LogP contribution is 2.26. The number of rotatable bonds is 8. The molecule has 1 saturated carbocycles. The first kappa shape index (κ1) is 22.9. The lowest BCUT2D eigenvalue weighted by Gasteiger charge is -2.36. The van der Waals surface area contributed by atoms with Gasteiger partial charge in [0.05, 0.1) is 6.10 Å². The zero-order valence-corrected chi connectivity index (χ0v) is 19.4. The van der Waals surface area contributed by atoms with Crippen molar-refractivity contribution >= 4 is 5.96 Å². The third kappa shape index (κ3) is 7.15. The molecule has 1 unspecified atom stereocenters. The number of piperidine rings is 1.